The first-order valence-corrected chi connectivity index (χ1v) is 6.39. The van der Waals surface area contributed by atoms with E-state index in [1.165, 1.54) is 5.56 Å². The van der Waals surface area contributed by atoms with E-state index in [4.69, 9.17) is 0 Å². The molecule has 2 aromatic rings. The molecule has 0 amide bonds. The van der Waals surface area contributed by atoms with Crippen LogP contribution in [-0.2, 0) is 12.5 Å². The van der Waals surface area contributed by atoms with E-state index in [1.807, 2.05) is 30.7 Å². The molecule has 0 aliphatic heterocycles. The third-order valence-electron chi connectivity index (χ3n) is 3.45. The quantitative estimate of drug-likeness (QED) is 0.779. The molecule has 0 spiro atoms. The highest BCUT2D eigenvalue weighted by Gasteiger charge is 2.16. The topological polar surface area (TPSA) is 41.6 Å². The number of imidazole rings is 1. The van der Waals surface area contributed by atoms with Gasteiger partial charge in [-0.25, -0.2) is 4.98 Å². The number of rotatable bonds is 1. The molecule has 3 nitrogen and oxygen atoms in total. The van der Waals surface area contributed by atoms with Crippen molar-refractivity contribution in [2.45, 2.75) is 33.1 Å². The van der Waals surface area contributed by atoms with E-state index in [0.29, 0.717) is 5.69 Å². The first kappa shape index (κ1) is 13.4. The summed E-state index contributed by atoms with van der Waals surface area (Å²) in [4.78, 5) is 4.48. The van der Waals surface area contributed by atoms with E-state index >= 15 is 0 Å². The Kier molecular flexibility index (Phi) is 3.20. The van der Waals surface area contributed by atoms with Crippen LogP contribution < -0.4 is 0 Å². The maximum Gasteiger partial charge on any atom is 0.147 e. The van der Waals surface area contributed by atoms with E-state index in [1.54, 1.807) is 0 Å². The van der Waals surface area contributed by atoms with Gasteiger partial charge in [0, 0.05) is 12.6 Å². The minimum atomic E-state index is 0.136. The Hall–Kier alpha value is -2.08. The minimum Gasteiger partial charge on any atom is -0.323 e. The average molecular weight is 253 g/mol. The van der Waals surface area contributed by atoms with Crippen molar-refractivity contribution in [1.29, 1.82) is 5.26 Å². The van der Waals surface area contributed by atoms with Gasteiger partial charge in [-0.1, -0.05) is 45.0 Å². The number of nitriles is 1. The fraction of sp³-hybridized carbons (Fsp3) is 0.375. The summed E-state index contributed by atoms with van der Waals surface area (Å²) in [6.07, 6.45) is 0. The number of aromatic nitrogens is 2. The summed E-state index contributed by atoms with van der Waals surface area (Å²) in [7, 11) is 1.87. The van der Waals surface area contributed by atoms with Gasteiger partial charge in [0.05, 0.1) is 0 Å². The van der Waals surface area contributed by atoms with Gasteiger partial charge in [-0.05, 0) is 17.9 Å². The smallest absolute Gasteiger partial charge is 0.147 e. The third kappa shape index (κ3) is 2.39. The predicted octanol–water partition coefficient (Wildman–Crippen LogP) is 3.56. The predicted molar refractivity (Wildman–Crippen MR) is 76.8 cm³/mol. The molecule has 0 atom stereocenters. The first-order valence-electron chi connectivity index (χ1n) is 6.39. The molecule has 1 aromatic carbocycles. The molecular weight excluding hydrogens is 234 g/mol. The summed E-state index contributed by atoms with van der Waals surface area (Å²) in [6.45, 7) is 8.47. The zero-order valence-electron chi connectivity index (χ0n) is 12.2. The minimum absolute atomic E-state index is 0.136. The van der Waals surface area contributed by atoms with Crippen molar-refractivity contribution < 1.29 is 0 Å². The summed E-state index contributed by atoms with van der Waals surface area (Å²) in [6, 6.07) is 10.5. The van der Waals surface area contributed by atoms with Crippen LogP contribution in [0.5, 0.6) is 0 Å². The van der Waals surface area contributed by atoms with Gasteiger partial charge in [-0.3, -0.25) is 0 Å². The van der Waals surface area contributed by atoms with Crippen molar-refractivity contribution in [3.05, 3.63) is 41.3 Å². The van der Waals surface area contributed by atoms with Crippen molar-refractivity contribution in [1.82, 2.24) is 9.55 Å². The van der Waals surface area contributed by atoms with Gasteiger partial charge in [0.25, 0.3) is 0 Å². The van der Waals surface area contributed by atoms with Crippen LogP contribution in [0.4, 0.5) is 0 Å². The van der Waals surface area contributed by atoms with Crippen LogP contribution in [0.2, 0.25) is 0 Å². The lowest BCUT2D eigenvalue weighted by atomic mass is 9.86. The molecule has 0 aliphatic rings. The molecule has 1 heterocycles. The Labute approximate surface area is 114 Å². The van der Waals surface area contributed by atoms with Crippen LogP contribution in [-0.4, -0.2) is 9.55 Å². The lowest BCUT2D eigenvalue weighted by Crippen LogP contribution is -2.10. The Morgan fingerprint density at radius 1 is 1.16 bits per heavy atom. The van der Waals surface area contributed by atoms with Crippen molar-refractivity contribution in [2.24, 2.45) is 7.05 Å². The largest absolute Gasteiger partial charge is 0.323 e. The standard InChI is InChI=1S/C16H19N3/c1-11-18-15(14(10-17)19(11)5)12-6-8-13(9-7-12)16(2,3)4/h6-9H,1-5H3. The molecule has 98 valence electrons. The number of hydrogen-bond acceptors (Lipinski definition) is 2. The number of hydrogen-bond donors (Lipinski definition) is 0. The highest BCUT2D eigenvalue weighted by molar-refractivity contribution is 5.66. The van der Waals surface area contributed by atoms with E-state index in [9.17, 15) is 5.26 Å². The van der Waals surface area contributed by atoms with E-state index < -0.39 is 0 Å². The summed E-state index contributed by atoms with van der Waals surface area (Å²) in [5, 5.41) is 9.25. The highest BCUT2D eigenvalue weighted by atomic mass is 15.1. The second kappa shape index (κ2) is 4.55. The van der Waals surface area contributed by atoms with Gasteiger partial charge < -0.3 is 4.57 Å². The molecule has 0 bridgehead atoms. The van der Waals surface area contributed by atoms with Gasteiger partial charge in [0.1, 0.15) is 23.3 Å². The molecule has 1 aromatic heterocycles. The molecule has 3 heteroatoms. The molecule has 19 heavy (non-hydrogen) atoms. The lowest BCUT2D eigenvalue weighted by molar-refractivity contribution is 0.590. The molecule has 0 unspecified atom stereocenters. The Bertz CT molecular complexity index is 634. The first-order chi connectivity index (χ1) is 8.84. The average Bonchev–Trinajstić information content (AvgIpc) is 2.64. The summed E-state index contributed by atoms with van der Waals surface area (Å²) < 4.78 is 1.83. The van der Waals surface area contributed by atoms with Crippen molar-refractivity contribution in [3.63, 3.8) is 0 Å². The van der Waals surface area contributed by atoms with E-state index in [-0.39, 0.29) is 5.41 Å². The van der Waals surface area contributed by atoms with Crippen molar-refractivity contribution in [2.75, 3.05) is 0 Å². The van der Waals surface area contributed by atoms with Crippen LogP contribution in [0.25, 0.3) is 11.3 Å². The van der Waals surface area contributed by atoms with Crippen molar-refractivity contribution >= 4 is 0 Å². The molecule has 0 saturated heterocycles. The fourth-order valence-electron chi connectivity index (χ4n) is 2.07. The third-order valence-corrected chi connectivity index (χ3v) is 3.45. The number of benzene rings is 1. The van der Waals surface area contributed by atoms with Gasteiger partial charge in [0.15, 0.2) is 0 Å². The number of nitrogens with zero attached hydrogens (tertiary/aromatic N) is 3. The van der Waals surface area contributed by atoms with Crippen LogP contribution >= 0.6 is 0 Å². The van der Waals surface area contributed by atoms with Crippen LogP contribution in [0, 0.1) is 18.3 Å². The molecule has 0 fully saturated rings. The normalized spacial score (nSPS) is 11.4. The molecule has 0 N–H and O–H groups in total. The summed E-state index contributed by atoms with van der Waals surface area (Å²) in [5.74, 6) is 0.853. The van der Waals surface area contributed by atoms with Crippen molar-refractivity contribution in [3.8, 4) is 17.3 Å². The monoisotopic (exact) mass is 253 g/mol. The SMILES string of the molecule is Cc1nc(-c2ccc(C(C)(C)C)cc2)c(C#N)n1C. The summed E-state index contributed by atoms with van der Waals surface area (Å²) >= 11 is 0. The lowest BCUT2D eigenvalue weighted by Gasteiger charge is -2.18. The molecular formula is C16H19N3. The second-order valence-electron chi connectivity index (χ2n) is 5.85. The molecule has 0 radical (unpaired) electrons. The maximum absolute atomic E-state index is 9.25. The zero-order valence-corrected chi connectivity index (χ0v) is 12.2. The Balaban J connectivity index is 2.50. The molecule has 0 saturated carbocycles. The Morgan fingerprint density at radius 2 is 1.74 bits per heavy atom. The van der Waals surface area contributed by atoms with Crippen LogP contribution in [0.3, 0.4) is 0 Å². The zero-order chi connectivity index (χ0) is 14.2. The molecule has 2 rings (SSSR count). The number of aryl methyl sites for hydroxylation is 1. The van der Waals surface area contributed by atoms with E-state index in [2.05, 4.69) is 44.0 Å². The maximum atomic E-state index is 9.25. The van der Waals surface area contributed by atoms with Gasteiger partial charge in [-0.2, -0.15) is 5.26 Å². The highest BCUT2D eigenvalue weighted by Crippen LogP contribution is 2.27. The fourth-order valence-corrected chi connectivity index (χ4v) is 2.07. The Morgan fingerprint density at radius 3 is 2.21 bits per heavy atom. The van der Waals surface area contributed by atoms with Gasteiger partial charge >= 0.3 is 0 Å². The second-order valence-corrected chi connectivity index (χ2v) is 5.85. The van der Waals surface area contributed by atoms with Crippen LogP contribution in [0.15, 0.2) is 24.3 Å². The van der Waals surface area contributed by atoms with Gasteiger partial charge in [0.2, 0.25) is 0 Å². The summed E-state index contributed by atoms with van der Waals surface area (Å²) in [5.41, 5.74) is 3.79. The molecule has 0 aliphatic carbocycles. The van der Waals surface area contributed by atoms with Crippen LogP contribution in [0.1, 0.15) is 37.9 Å². The van der Waals surface area contributed by atoms with Gasteiger partial charge in [-0.15, -0.1) is 0 Å². The van der Waals surface area contributed by atoms with E-state index in [0.717, 1.165) is 17.1 Å².